The largest absolute Gasteiger partial charge is 0.352 e. The number of unbranched alkanes of at least 4 members (excludes halogenated alkanes) is 2. The van der Waals surface area contributed by atoms with Crippen LogP contribution >= 0.6 is 15.9 Å². The highest BCUT2D eigenvalue weighted by Crippen LogP contribution is 2.60. The van der Waals surface area contributed by atoms with Crippen molar-refractivity contribution in [3.63, 3.8) is 0 Å². The van der Waals surface area contributed by atoms with Gasteiger partial charge in [-0.05, 0) is 50.9 Å². The van der Waals surface area contributed by atoms with Crippen LogP contribution in [-0.4, -0.2) is 35.9 Å². The Morgan fingerprint density at radius 3 is 2.69 bits per heavy atom. The van der Waals surface area contributed by atoms with Gasteiger partial charge in [0.15, 0.2) is 18.2 Å². The second kappa shape index (κ2) is 7.60. The van der Waals surface area contributed by atoms with E-state index >= 15 is 0 Å². The molecule has 8 atom stereocenters. The molecular formula is C20H33BrO5. The summed E-state index contributed by atoms with van der Waals surface area (Å²) in [5, 5.41) is 1.05. The number of alkyl halides is 1. The molecule has 0 aromatic carbocycles. The Hall–Kier alpha value is 0.280. The predicted molar refractivity (Wildman–Crippen MR) is 100 cm³/mol. The van der Waals surface area contributed by atoms with Crippen LogP contribution in [0.3, 0.4) is 0 Å². The van der Waals surface area contributed by atoms with E-state index in [9.17, 15) is 0 Å². The topological polar surface area (TPSA) is 46.2 Å². The van der Waals surface area contributed by atoms with Gasteiger partial charge in [-0.2, -0.15) is 0 Å². The van der Waals surface area contributed by atoms with Crippen molar-refractivity contribution >= 4 is 15.9 Å². The molecule has 4 saturated heterocycles. The highest BCUT2D eigenvalue weighted by molar-refractivity contribution is 9.09. The summed E-state index contributed by atoms with van der Waals surface area (Å²) in [6.45, 7) is 7.29. The molecule has 0 amide bonds. The summed E-state index contributed by atoms with van der Waals surface area (Å²) < 4.78 is 18.9. The lowest BCUT2D eigenvalue weighted by atomic mass is 9.58. The molecule has 1 spiro atoms. The van der Waals surface area contributed by atoms with Gasteiger partial charge in [0.25, 0.3) is 0 Å². The molecule has 5 fully saturated rings. The first-order chi connectivity index (χ1) is 12.5. The number of hydrogen-bond donors (Lipinski definition) is 0. The lowest BCUT2D eigenvalue weighted by Crippen LogP contribution is -2.70. The number of hydrogen-bond acceptors (Lipinski definition) is 5. The van der Waals surface area contributed by atoms with Crippen molar-refractivity contribution in [1.29, 1.82) is 0 Å². The molecule has 1 aliphatic carbocycles. The first kappa shape index (κ1) is 19.6. The summed E-state index contributed by atoms with van der Waals surface area (Å²) in [5.41, 5.74) is -0.483. The minimum absolute atomic E-state index is 0.222. The molecule has 0 N–H and O–H groups in total. The number of rotatable bonds is 6. The Kier molecular flexibility index (Phi) is 5.73. The molecule has 5 aliphatic rings. The van der Waals surface area contributed by atoms with E-state index in [0.717, 1.165) is 37.6 Å². The second-order valence-corrected chi connectivity index (χ2v) is 9.69. The van der Waals surface area contributed by atoms with Crippen LogP contribution in [0, 0.1) is 23.7 Å². The van der Waals surface area contributed by atoms with Gasteiger partial charge in [-0.1, -0.05) is 36.2 Å². The van der Waals surface area contributed by atoms with Crippen LogP contribution in [0.2, 0.25) is 0 Å². The van der Waals surface area contributed by atoms with Gasteiger partial charge in [0, 0.05) is 30.2 Å². The van der Waals surface area contributed by atoms with Gasteiger partial charge in [-0.15, -0.1) is 0 Å². The van der Waals surface area contributed by atoms with Crippen molar-refractivity contribution in [3.8, 4) is 0 Å². The molecule has 26 heavy (non-hydrogen) atoms. The summed E-state index contributed by atoms with van der Waals surface area (Å²) in [6.07, 6.45) is 7.07. The maximum Gasteiger partial charge on any atom is 0.201 e. The lowest BCUT2D eigenvalue weighted by molar-refractivity contribution is -0.577. The van der Waals surface area contributed by atoms with Crippen LogP contribution in [0.4, 0.5) is 0 Å². The molecule has 150 valence electrons. The summed E-state index contributed by atoms with van der Waals surface area (Å²) in [6, 6.07) is 0. The van der Waals surface area contributed by atoms with Crippen molar-refractivity contribution in [1.82, 2.24) is 0 Å². The second-order valence-electron chi connectivity index (χ2n) is 8.89. The van der Waals surface area contributed by atoms with E-state index in [4.69, 9.17) is 24.0 Å². The summed E-state index contributed by atoms with van der Waals surface area (Å²) in [7, 11) is 0. The van der Waals surface area contributed by atoms with E-state index in [1.54, 1.807) is 0 Å². The Morgan fingerprint density at radius 2 is 1.88 bits per heavy atom. The molecule has 2 bridgehead atoms. The SMILES string of the molecule is C[C@H]1[C@@H](OCCCCCBr)O[C@@H]2OC3(C)CC[C@H]4[C@H](C)CC[C@@H]1[C@@]24OO3. The standard InChI is InChI=1S/C20H33BrO5/c1-13-7-8-16-14(2)17(22-12-6-4-5-11-21)23-18-20(16)15(13)9-10-19(3,24-18)25-26-20/h13-18H,4-12H2,1-3H3/t13-,14-,15+,16+,17+,18-,19?,20-/m1/s1. The average molecular weight is 433 g/mol. The van der Waals surface area contributed by atoms with Crippen LogP contribution in [0.25, 0.3) is 0 Å². The first-order valence-electron chi connectivity index (χ1n) is 10.4. The summed E-state index contributed by atoms with van der Waals surface area (Å²) in [5.74, 6) is 0.917. The molecule has 6 heteroatoms. The molecule has 4 aliphatic heterocycles. The van der Waals surface area contributed by atoms with Gasteiger partial charge >= 0.3 is 0 Å². The third-order valence-electron chi connectivity index (χ3n) is 7.16. The summed E-state index contributed by atoms with van der Waals surface area (Å²) >= 11 is 3.48. The number of ether oxygens (including phenoxy) is 3. The lowest BCUT2D eigenvalue weighted by Gasteiger charge is -2.60. The third kappa shape index (κ3) is 3.18. The first-order valence-corrected chi connectivity index (χ1v) is 11.5. The van der Waals surface area contributed by atoms with Crippen LogP contribution in [0.1, 0.15) is 65.7 Å². The van der Waals surface area contributed by atoms with Crippen molar-refractivity contribution < 1.29 is 24.0 Å². The zero-order valence-corrected chi connectivity index (χ0v) is 17.8. The van der Waals surface area contributed by atoms with Crippen molar-refractivity contribution in [2.45, 2.75) is 89.7 Å². The van der Waals surface area contributed by atoms with Gasteiger partial charge in [-0.25, -0.2) is 9.78 Å². The van der Waals surface area contributed by atoms with E-state index < -0.39 is 17.7 Å². The van der Waals surface area contributed by atoms with E-state index in [0.29, 0.717) is 17.8 Å². The van der Waals surface area contributed by atoms with E-state index in [1.165, 1.54) is 19.3 Å². The van der Waals surface area contributed by atoms with Crippen LogP contribution in [-0.2, 0) is 24.0 Å². The third-order valence-corrected chi connectivity index (χ3v) is 7.72. The van der Waals surface area contributed by atoms with Gasteiger partial charge in [0.1, 0.15) is 0 Å². The highest BCUT2D eigenvalue weighted by atomic mass is 79.9. The fraction of sp³-hybridized carbons (Fsp3) is 1.00. The van der Waals surface area contributed by atoms with E-state index in [-0.39, 0.29) is 12.2 Å². The Balaban J connectivity index is 1.53. The van der Waals surface area contributed by atoms with Gasteiger partial charge in [0.05, 0.1) is 0 Å². The predicted octanol–water partition coefficient (Wildman–Crippen LogP) is 4.78. The van der Waals surface area contributed by atoms with Crippen molar-refractivity contribution in [2.24, 2.45) is 23.7 Å². The maximum atomic E-state index is 6.41. The monoisotopic (exact) mass is 432 g/mol. The molecule has 0 aromatic rings. The molecule has 0 aromatic heterocycles. The maximum absolute atomic E-state index is 6.41. The fourth-order valence-electron chi connectivity index (χ4n) is 5.64. The number of halogens is 1. The zero-order valence-electron chi connectivity index (χ0n) is 16.2. The molecule has 4 heterocycles. The molecule has 5 rings (SSSR count). The van der Waals surface area contributed by atoms with Gasteiger partial charge in [0.2, 0.25) is 5.79 Å². The quantitative estimate of drug-likeness (QED) is 0.343. The minimum Gasteiger partial charge on any atom is -0.352 e. The average Bonchev–Trinajstić information content (AvgIpc) is 2.85. The number of fused-ring (bicyclic) bond motifs is 2. The zero-order chi connectivity index (χ0) is 18.4. The minimum atomic E-state index is -0.710. The normalized spacial score (nSPS) is 50.3. The Morgan fingerprint density at radius 1 is 1.04 bits per heavy atom. The molecule has 1 saturated carbocycles. The van der Waals surface area contributed by atoms with E-state index in [2.05, 4.69) is 29.8 Å². The van der Waals surface area contributed by atoms with Gasteiger partial charge in [-0.3, -0.25) is 0 Å². The Bertz CT molecular complexity index is 505. The molecule has 5 nitrogen and oxygen atoms in total. The highest BCUT2D eigenvalue weighted by Gasteiger charge is 2.69. The van der Waals surface area contributed by atoms with Crippen LogP contribution in [0.15, 0.2) is 0 Å². The Labute approximate surface area is 165 Å². The smallest absolute Gasteiger partial charge is 0.201 e. The van der Waals surface area contributed by atoms with Crippen molar-refractivity contribution in [2.75, 3.05) is 11.9 Å². The van der Waals surface area contributed by atoms with Gasteiger partial charge < -0.3 is 14.2 Å². The summed E-state index contributed by atoms with van der Waals surface area (Å²) in [4.78, 5) is 12.0. The van der Waals surface area contributed by atoms with Crippen LogP contribution in [0.5, 0.6) is 0 Å². The fourth-order valence-corrected chi connectivity index (χ4v) is 6.03. The van der Waals surface area contributed by atoms with Crippen LogP contribution < -0.4 is 0 Å². The molecular weight excluding hydrogens is 400 g/mol. The van der Waals surface area contributed by atoms with E-state index in [1.807, 2.05) is 6.92 Å². The molecule has 0 radical (unpaired) electrons. The molecule has 1 unspecified atom stereocenters. The van der Waals surface area contributed by atoms with Crippen molar-refractivity contribution in [3.05, 3.63) is 0 Å².